The fourth-order valence-corrected chi connectivity index (χ4v) is 3.21. The molecule has 1 saturated heterocycles. The van der Waals surface area contributed by atoms with Gasteiger partial charge in [0.05, 0.1) is 17.6 Å². The summed E-state index contributed by atoms with van der Waals surface area (Å²) in [5.41, 5.74) is -1.14. The first-order valence-electron chi connectivity index (χ1n) is 7.69. The zero-order valence-corrected chi connectivity index (χ0v) is 18.7. The number of nitrogens with zero attached hydrogens (tertiary/aromatic N) is 1. The fraction of sp³-hybridized carbons (Fsp3) is 0.867. The largest absolute Gasteiger partial charge is 0.390 e. The number of hydrogen-bond donors (Lipinski definition) is 1. The Labute approximate surface area is 178 Å². The minimum absolute atomic E-state index is 0.140. The average molecular weight is 476 g/mol. The number of carbonyl (C=O) groups is 2. The highest BCUT2D eigenvalue weighted by molar-refractivity contribution is 6.68. The van der Waals surface area contributed by atoms with E-state index in [1.807, 2.05) is 0 Å². The van der Waals surface area contributed by atoms with Crippen LogP contribution in [0.25, 0.3) is 0 Å². The molecule has 1 fully saturated rings. The van der Waals surface area contributed by atoms with Crippen LogP contribution in [-0.2, 0) is 9.59 Å². The van der Waals surface area contributed by atoms with Gasteiger partial charge in [-0.1, -0.05) is 83.5 Å². The molecule has 146 valence electrons. The zero-order valence-electron chi connectivity index (χ0n) is 14.2. The molecule has 0 aromatic rings. The average Bonchev–Trinajstić information content (AvgIpc) is 2.58. The van der Waals surface area contributed by atoms with E-state index in [4.69, 9.17) is 69.6 Å². The van der Waals surface area contributed by atoms with Crippen LogP contribution in [0.2, 0.25) is 0 Å². The van der Waals surface area contributed by atoms with Crippen LogP contribution in [-0.4, -0.2) is 41.6 Å². The molecule has 0 bridgehead atoms. The predicted molar refractivity (Wildman–Crippen MR) is 104 cm³/mol. The highest BCUT2D eigenvalue weighted by Gasteiger charge is 2.56. The summed E-state index contributed by atoms with van der Waals surface area (Å²) in [6.07, 6.45) is -1.12. The highest BCUT2D eigenvalue weighted by Crippen LogP contribution is 2.44. The molecule has 0 saturated carbocycles. The fourth-order valence-electron chi connectivity index (χ4n) is 2.71. The van der Waals surface area contributed by atoms with Gasteiger partial charge in [0.25, 0.3) is 0 Å². The number of alkyl halides is 6. The molecule has 0 aromatic carbocycles. The number of aliphatic hydroxyl groups excluding tert-OH is 1. The van der Waals surface area contributed by atoms with Gasteiger partial charge < -0.3 is 5.11 Å². The van der Waals surface area contributed by atoms with E-state index in [9.17, 15) is 14.7 Å². The van der Waals surface area contributed by atoms with Gasteiger partial charge in [0.2, 0.25) is 11.8 Å². The lowest BCUT2D eigenvalue weighted by Crippen LogP contribution is -2.44. The monoisotopic (exact) mass is 473 g/mol. The third-order valence-electron chi connectivity index (χ3n) is 4.67. The molecule has 1 aliphatic rings. The third-order valence-corrected chi connectivity index (χ3v) is 6.90. The number of amides is 2. The number of halogens is 6. The van der Waals surface area contributed by atoms with Crippen molar-refractivity contribution in [1.29, 1.82) is 0 Å². The van der Waals surface area contributed by atoms with Gasteiger partial charge in [-0.25, -0.2) is 0 Å². The topological polar surface area (TPSA) is 57.6 Å². The van der Waals surface area contributed by atoms with E-state index in [1.54, 1.807) is 27.7 Å². The first-order valence-corrected chi connectivity index (χ1v) is 9.96. The molecule has 0 radical (unpaired) electrons. The van der Waals surface area contributed by atoms with E-state index in [-0.39, 0.29) is 12.8 Å². The Kier molecular flexibility index (Phi) is 7.70. The first-order chi connectivity index (χ1) is 11.0. The Morgan fingerprint density at radius 1 is 1.12 bits per heavy atom. The molecule has 4 unspecified atom stereocenters. The molecule has 0 aliphatic carbocycles. The van der Waals surface area contributed by atoms with Crippen molar-refractivity contribution in [3.63, 3.8) is 0 Å². The van der Waals surface area contributed by atoms with Gasteiger partial charge in [-0.2, -0.15) is 0 Å². The van der Waals surface area contributed by atoms with E-state index >= 15 is 0 Å². The van der Waals surface area contributed by atoms with Crippen molar-refractivity contribution >= 4 is 81.4 Å². The number of hydrogen-bond acceptors (Lipinski definition) is 3. The van der Waals surface area contributed by atoms with Crippen molar-refractivity contribution in [2.75, 3.05) is 0 Å². The van der Waals surface area contributed by atoms with Crippen LogP contribution < -0.4 is 0 Å². The van der Waals surface area contributed by atoms with Crippen LogP contribution in [0.3, 0.4) is 0 Å². The number of rotatable bonds is 4. The Bertz CT molecular complexity index is 528. The van der Waals surface area contributed by atoms with E-state index in [1.165, 1.54) is 0 Å². The molecule has 4 nitrogen and oxygen atoms in total. The van der Waals surface area contributed by atoms with Crippen molar-refractivity contribution < 1.29 is 14.7 Å². The molecule has 1 rings (SSSR count). The molecule has 2 amide bonds. The molecule has 1 aliphatic heterocycles. The van der Waals surface area contributed by atoms with E-state index < -0.39 is 48.8 Å². The van der Waals surface area contributed by atoms with Crippen LogP contribution in [0.4, 0.5) is 0 Å². The van der Waals surface area contributed by atoms with Crippen molar-refractivity contribution in [2.24, 2.45) is 17.3 Å². The standard InChI is InChI=1S/C15H21Cl6NO3/c1-7(14(16,17)18)5-9-11(24)13(3,4)12(25)22(9)10(23)6-8(2)15(19,20)21/h7-9,11,24H,5-6H2,1-4H3. The molecular weight excluding hydrogens is 455 g/mol. The maximum atomic E-state index is 12.7. The number of carbonyl (C=O) groups excluding carboxylic acids is 2. The van der Waals surface area contributed by atoms with E-state index in [0.717, 1.165) is 4.90 Å². The normalized spacial score (nSPS) is 26.7. The summed E-state index contributed by atoms with van der Waals surface area (Å²) in [5, 5.41) is 10.6. The summed E-state index contributed by atoms with van der Waals surface area (Å²) in [6, 6.07) is -0.816. The van der Waals surface area contributed by atoms with Gasteiger partial charge >= 0.3 is 0 Å². The molecule has 1 heterocycles. The van der Waals surface area contributed by atoms with Crippen LogP contribution in [0.1, 0.15) is 40.5 Å². The van der Waals surface area contributed by atoms with Crippen LogP contribution in [0, 0.1) is 17.3 Å². The van der Waals surface area contributed by atoms with E-state index in [2.05, 4.69) is 0 Å². The smallest absolute Gasteiger partial charge is 0.237 e. The van der Waals surface area contributed by atoms with Gasteiger partial charge in [-0.15, -0.1) is 0 Å². The van der Waals surface area contributed by atoms with E-state index in [0.29, 0.717) is 0 Å². The Morgan fingerprint density at radius 2 is 1.56 bits per heavy atom. The summed E-state index contributed by atoms with van der Waals surface area (Å²) in [7, 11) is 0. The first kappa shape index (κ1) is 23.9. The number of likely N-dealkylation sites (tertiary alicyclic amines) is 1. The minimum atomic E-state index is -1.65. The summed E-state index contributed by atoms with van der Waals surface area (Å²) >= 11 is 35.1. The lowest BCUT2D eigenvalue weighted by molar-refractivity contribution is -0.147. The van der Waals surface area contributed by atoms with Gasteiger partial charge in [0.1, 0.15) is 0 Å². The van der Waals surface area contributed by atoms with Crippen LogP contribution in [0.15, 0.2) is 0 Å². The summed E-state index contributed by atoms with van der Waals surface area (Å²) in [6.45, 7) is 6.39. The highest BCUT2D eigenvalue weighted by atomic mass is 35.6. The summed E-state index contributed by atoms with van der Waals surface area (Å²) in [4.78, 5) is 26.4. The van der Waals surface area contributed by atoms with Crippen molar-refractivity contribution in [2.45, 2.75) is 60.3 Å². The number of aliphatic hydroxyl groups is 1. The Balaban J connectivity index is 3.10. The molecule has 0 aromatic heterocycles. The molecule has 1 N–H and O–H groups in total. The predicted octanol–water partition coefficient (Wildman–Crippen LogP) is 4.90. The van der Waals surface area contributed by atoms with Gasteiger partial charge in [0, 0.05) is 18.3 Å². The Hall–Kier alpha value is 0.840. The van der Waals surface area contributed by atoms with Gasteiger partial charge in [-0.3, -0.25) is 14.5 Å². The van der Waals surface area contributed by atoms with Crippen LogP contribution >= 0.6 is 69.6 Å². The second kappa shape index (κ2) is 8.06. The minimum Gasteiger partial charge on any atom is -0.390 e. The van der Waals surface area contributed by atoms with Gasteiger partial charge in [0.15, 0.2) is 7.59 Å². The molecule has 0 spiro atoms. The Morgan fingerprint density at radius 3 is 1.96 bits per heavy atom. The molecule has 25 heavy (non-hydrogen) atoms. The maximum absolute atomic E-state index is 12.7. The number of imide groups is 1. The van der Waals surface area contributed by atoms with Crippen molar-refractivity contribution in [3.8, 4) is 0 Å². The molecule has 4 atom stereocenters. The van der Waals surface area contributed by atoms with Crippen LogP contribution in [0.5, 0.6) is 0 Å². The van der Waals surface area contributed by atoms with Crippen molar-refractivity contribution in [3.05, 3.63) is 0 Å². The summed E-state index contributed by atoms with van der Waals surface area (Å²) < 4.78 is -3.23. The lowest BCUT2D eigenvalue weighted by atomic mass is 9.84. The molecule has 10 heteroatoms. The lowest BCUT2D eigenvalue weighted by Gasteiger charge is -2.31. The maximum Gasteiger partial charge on any atom is 0.237 e. The SMILES string of the molecule is CC(CC(=O)N1C(=O)C(C)(C)C(O)C1CC(C)C(Cl)(Cl)Cl)C(Cl)(Cl)Cl. The zero-order chi connectivity index (χ0) is 20.0. The van der Waals surface area contributed by atoms with Gasteiger partial charge in [-0.05, 0) is 20.3 Å². The quantitative estimate of drug-likeness (QED) is 0.588. The third kappa shape index (κ3) is 5.43. The second-order valence-corrected chi connectivity index (χ2v) is 11.9. The van der Waals surface area contributed by atoms with Crippen molar-refractivity contribution in [1.82, 2.24) is 4.90 Å². The summed E-state index contributed by atoms with van der Waals surface area (Å²) in [5.74, 6) is -2.15. The molecular formula is C15H21Cl6NO3. The second-order valence-electron chi connectivity index (χ2n) is 7.13.